The number of halogens is 1. The summed E-state index contributed by atoms with van der Waals surface area (Å²) in [6, 6.07) is 13.7. The van der Waals surface area contributed by atoms with Crippen molar-refractivity contribution in [1.29, 1.82) is 0 Å². The lowest BCUT2D eigenvalue weighted by Crippen LogP contribution is -2.34. The third-order valence-corrected chi connectivity index (χ3v) is 4.33. The lowest BCUT2D eigenvalue weighted by Gasteiger charge is -2.28. The lowest BCUT2D eigenvalue weighted by atomic mass is 10.2. The maximum absolute atomic E-state index is 13.0. The van der Waals surface area contributed by atoms with Crippen LogP contribution in [-0.4, -0.2) is 12.5 Å². The molecule has 2 aromatic rings. The highest BCUT2D eigenvalue weighted by Gasteiger charge is 2.28. The van der Waals surface area contributed by atoms with Gasteiger partial charge in [0, 0.05) is 4.90 Å². The zero-order valence-corrected chi connectivity index (χ0v) is 12.4. The number of carbonyl (C=O) groups excluding carboxylic acids is 1. The van der Waals surface area contributed by atoms with E-state index in [4.69, 9.17) is 6.42 Å². The third-order valence-electron chi connectivity index (χ3n) is 3.25. The van der Waals surface area contributed by atoms with E-state index in [1.165, 1.54) is 23.9 Å². The molecule has 0 aromatic heterocycles. The summed E-state index contributed by atoms with van der Waals surface area (Å²) in [5.74, 6) is 2.08. The maximum atomic E-state index is 13.0. The van der Waals surface area contributed by atoms with E-state index in [-0.39, 0.29) is 18.3 Å². The predicted octanol–water partition coefficient (Wildman–Crippen LogP) is 3.94. The van der Waals surface area contributed by atoms with E-state index in [0.29, 0.717) is 4.91 Å². The van der Waals surface area contributed by atoms with Gasteiger partial charge < -0.3 is 0 Å². The Morgan fingerprint density at radius 1 is 1.18 bits per heavy atom. The summed E-state index contributed by atoms with van der Waals surface area (Å²) in [4.78, 5) is 15.7. The predicted molar refractivity (Wildman–Crippen MR) is 87.9 cm³/mol. The van der Waals surface area contributed by atoms with Gasteiger partial charge in [0.2, 0.25) is 0 Å². The molecule has 0 unspecified atom stereocenters. The highest BCUT2D eigenvalue weighted by atomic mass is 32.2. The van der Waals surface area contributed by atoms with E-state index in [0.717, 1.165) is 16.1 Å². The van der Waals surface area contributed by atoms with Crippen LogP contribution in [0.5, 0.6) is 0 Å². The van der Waals surface area contributed by atoms with Gasteiger partial charge in [0.25, 0.3) is 5.91 Å². The number of hydrogen-bond acceptors (Lipinski definition) is 2. The minimum atomic E-state index is -0.302. The topological polar surface area (TPSA) is 20.3 Å². The Balaban J connectivity index is 2.02. The third kappa shape index (κ3) is 2.76. The molecule has 2 aromatic carbocycles. The number of terminal acetylenes is 1. The lowest BCUT2D eigenvalue weighted by molar-refractivity contribution is -0.114. The van der Waals surface area contributed by atoms with E-state index < -0.39 is 0 Å². The highest BCUT2D eigenvalue weighted by Crippen LogP contribution is 2.41. The molecule has 0 saturated heterocycles. The van der Waals surface area contributed by atoms with Crippen LogP contribution < -0.4 is 4.90 Å². The smallest absolute Gasteiger partial charge is 0.265 e. The summed E-state index contributed by atoms with van der Waals surface area (Å²) in [7, 11) is 0. The number of amides is 1. The minimum Gasteiger partial charge on any atom is -0.295 e. The van der Waals surface area contributed by atoms with Crippen molar-refractivity contribution in [2.45, 2.75) is 4.90 Å². The van der Waals surface area contributed by atoms with Gasteiger partial charge >= 0.3 is 0 Å². The molecule has 0 fully saturated rings. The van der Waals surface area contributed by atoms with E-state index >= 15 is 0 Å². The average Bonchev–Trinajstić information content (AvgIpc) is 2.53. The number of thioether (sulfide) groups is 1. The Hall–Kier alpha value is -2.51. The van der Waals surface area contributed by atoms with Gasteiger partial charge in [0.15, 0.2) is 0 Å². The molecule has 2 nitrogen and oxygen atoms in total. The van der Waals surface area contributed by atoms with Crippen LogP contribution in [-0.2, 0) is 4.79 Å². The van der Waals surface area contributed by atoms with Crippen molar-refractivity contribution in [2.75, 3.05) is 11.4 Å². The summed E-state index contributed by atoms with van der Waals surface area (Å²) in [6.07, 6.45) is 7.14. The zero-order chi connectivity index (χ0) is 15.5. The van der Waals surface area contributed by atoms with Gasteiger partial charge in [-0.05, 0) is 35.9 Å². The SMILES string of the molecule is C#CCN1C(=O)/C(=C/c2ccc(F)cc2)Sc2ccccc21. The summed E-state index contributed by atoms with van der Waals surface area (Å²) < 4.78 is 13.0. The molecule has 0 bridgehead atoms. The molecule has 3 rings (SSSR count). The van der Waals surface area contributed by atoms with Crippen LogP contribution in [0.15, 0.2) is 58.3 Å². The molecule has 108 valence electrons. The van der Waals surface area contributed by atoms with E-state index in [1.807, 2.05) is 24.3 Å². The summed E-state index contributed by atoms with van der Waals surface area (Å²) in [5, 5.41) is 0. The monoisotopic (exact) mass is 309 g/mol. The first-order valence-electron chi connectivity index (χ1n) is 6.68. The standard InChI is InChI=1S/C18H12FNOS/c1-2-11-20-15-5-3-4-6-16(15)22-17(18(20)21)12-13-7-9-14(19)10-8-13/h1,3-10,12H,11H2/b17-12-. The van der Waals surface area contributed by atoms with E-state index in [9.17, 15) is 9.18 Å². The van der Waals surface area contributed by atoms with Gasteiger partial charge in [0.05, 0.1) is 17.1 Å². The van der Waals surface area contributed by atoms with Gasteiger partial charge in [-0.15, -0.1) is 6.42 Å². The molecule has 0 spiro atoms. The number of carbonyl (C=O) groups is 1. The fourth-order valence-electron chi connectivity index (χ4n) is 2.22. The van der Waals surface area contributed by atoms with Crippen molar-refractivity contribution in [3.63, 3.8) is 0 Å². The molecule has 1 heterocycles. The molecular weight excluding hydrogens is 297 g/mol. The second-order valence-electron chi connectivity index (χ2n) is 4.73. The number of fused-ring (bicyclic) bond motifs is 1. The molecule has 0 N–H and O–H groups in total. The second kappa shape index (κ2) is 6.08. The molecule has 0 aliphatic carbocycles. The van der Waals surface area contributed by atoms with Crippen molar-refractivity contribution in [3.8, 4) is 12.3 Å². The summed E-state index contributed by atoms with van der Waals surface area (Å²) in [6.45, 7) is 0.219. The summed E-state index contributed by atoms with van der Waals surface area (Å²) >= 11 is 1.40. The van der Waals surface area contributed by atoms with Crippen LogP contribution in [0, 0.1) is 18.2 Å². The van der Waals surface area contributed by atoms with Crippen molar-refractivity contribution in [3.05, 3.63) is 64.8 Å². The molecule has 0 saturated carbocycles. The van der Waals surface area contributed by atoms with Crippen LogP contribution in [0.2, 0.25) is 0 Å². The Kier molecular flexibility index (Phi) is 3.99. The maximum Gasteiger partial charge on any atom is 0.265 e. The Bertz CT molecular complexity index is 789. The molecule has 1 aliphatic rings. The number of rotatable bonds is 2. The van der Waals surface area contributed by atoms with Crippen molar-refractivity contribution >= 4 is 29.4 Å². The molecular formula is C18H12FNOS. The quantitative estimate of drug-likeness (QED) is 0.618. The number of para-hydroxylation sites is 1. The van der Waals surface area contributed by atoms with Crippen LogP contribution >= 0.6 is 11.8 Å². The molecule has 1 aliphatic heterocycles. The van der Waals surface area contributed by atoms with Gasteiger partial charge in [-0.2, -0.15) is 0 Å². The molecule has 22 heavy (non-hydrogen) atoms. The molecule has 4 heteroatoms. The van der Waals surface area contributed by atoms with Crippen molar-refractivity contribution in [1.82, 2.24) is 0 Å². The number of hydrogen-bond donors (Lipinski definition) is 0. The zero-order valence-electron chi connectivity index (χ0n) is 11.6. The average molecular weight is 309 g/mol. The van der Waals surface area contributed by atoms with Crippen molar-refractivity contribution in [2.24, 2.45) is 0 Å². The number of anilines is 1. The second-order valence-corrected chi connectivity index (χ2v) is 5.81. The number of benzene rings is 2. The minimum absolute atomic E-state index is 0.133. The summed E-state index contributed by atoms with van der Waals surface area (Å²) in [5.41, 5.74) is 1.60. The molecule has 0 radical (unpaired) electrons. The van der Waals surface area contributed by atoms with Gasteiger partial charge in [-0.1, -0.05) is 41.9 Å². The first-order valence-corrected chi connectivity index (χ1v) is 7.50. The van der Waals surface area contributed by atoms with Crippen LogP contribution in [0.1, 0.15) is 5.56 Å². The van der Waals surface area contributed by atoms with Gasteiger partial charge in [-0.3, -0.25) is 9.69 Å². The fourth-order valence-corrected chi connectivity index (χ4v) is 3.28. The van der Waals surface area contributed by atoms with Crippen molar-refractivity contribution < 1.29 is 9.18 Å². The molecule has 1 amide bonds. The van der Waals surface area contributed by atoms with E-state index in [1.54, 1.807) is 23.1 Å². The Morgan fingerprint density at radius 2 is 1.91 bits per heavy atom. The van der Waals surface area contributed by atoms with E-state index in [2.05, 4.69) is 5.92 Å². The van der Waals surface area contributed by atoms with Crippen LogP contribution in [0.3, 0.4) is 0 Å². The van der Waals surface area contributed by atoms with Gasteiger partial charge in [-0.25, -0.2) is 4.39 Å². The van der Waals surface area contributed by atoms with Crippen LogP contribution in [0.4, 0.5) is 10.1 Å². The Labute approximate surface area is 132 Å². The number of nitrogens with zero attached hydrogens (tertiary/aromatic N) is 1. The first-order chi connectivity index (χ1) is 10.7. The van der Waals surface area contributed by atoms with Gasteiger partial charge in [0.1, 0.15) is 5.82 Å². The molecule has 0 atom stereocenters. The fraction of sp³-hybridized carbons (Fsp3) is 0.0556. The Morgan fingerprint density at radius 3 is 2.64 bits per heavy atom. The van der Waals surface area contributed by atoms with Crippen LogP contribution in [0.25, 0.3) is 6.08 Å². The normalized spacial score (nSPS) is 15.5. The highest BCUT2D eigenvalue weighted by molar-refractivity contribution is 8.04. The largest absolute Gasteiger partial charge is 0.295 e. The first kappa shape index (κ1) is 14.4.